The molecule has 0 saturated carbocycles. The first-order valence-corrected chi connectivity index (χ1v) is 8.74. The van der Waals surface area contributed by atoms with Crippen LogP contribution in [-0.2, 0) is 19.5 Å². The Bertz CT molecular complexity index is 887. The van der Waals surface area contributed by atoms with E-state index in [-0.39, 0.29) is 0 Å². The molecule has 4 rings (SSSR count). The van der Waals surface area contributed by atoms with E-state index in [9.17, 15) is 0 Å². The molecule has 1 aromatic carbocycles. The Morgan fingerprint density at radius 2 is 1.88 bits per heavy atom. The topological polar surface area (TPSA) is 41.9 Å². The van der Waals surface area contributed by atoms with Gasteiger partial charge in [0.2, 0.25) is 0 Å². The highest BCUT2D eigenvalue weighted by Crippen LogP contribution is 2.22. The maximum atomic E-state index is 4.85. The molecule has 0 spiro atoms. The summed E-state index contributed by atoms with van der Waals surface area (Å²) in [5.41, 5.74) is 7.13. The third-order valence-corrected chi connectivity index (χ3v) is 4.83. The smallest absolute Gasteiger partial charge is 0.159 e. The van der Waals surface area contributed by atoms with Crippen LogP contribution in [0.2, 0.25) is 0 Å². The summed E-state index contributed by atoms with van der Waals surface area (Å²) in [5, 5.41) is 0. The first-order chi connectivity index (χ1) is 12.2. The summed E-state index contributed by atoms with van der Waals surface area (Å²) < 4.78 is 0. The summed E-state index contributed by atoms with van der Waals surface area (Å²) in [5.74, 6) is 0.814. The molecule has 25 heavy (non-hydrogen) atoms. The Balaban J connectivity index is 1.56. The monoisotopic (exact) mass is 330 g/mol. The van der Waals surface area contributed by atoms with Crippen molar-refractivity contribution in [2.24, 2.45) is 0 Å². The predicted octanol–water partition coefficient (Wildman–Crippen LogP) is 3.71. The van der Waals surface area contributed by atoms with Gasteiger partial charge in [-0.05, 0) is 37.5 Å². The van der Waals surface area contributed by atoms with Crippen LogP contribution in [0.25, 0.3) is 11.4 Å². The minimum absolute atomic E-state index is 0.814. The fourth-order valence-electron chi connectivity index (χ4n) is 3.23. The lowest BCUT2D eigenvalue weighted by molar-refractivity contribution is 0.238. The molecule has 3 heterocycles. The molecule has 0 fully saturated rings. The number of hydrogen-bond acceptors (Lipinski definition) is 4. The molecule has 1 aliphatic rings. The van der Waals surface area contributed by atoms with Gasteiger partial charge in [0.15, 0.2) is 5.82 Å². The van der Waals surface area contributed by atoms with Gasteiger partial charge < -0.3 is 0 Å². The molecular formula is C21H22N4. The van der Waals surface area contributed by atoms with Gasteiger partial charge in [0, 0.05) is 37.6 Å². The second-order valence-electron chi connectivity index (χ2n) is 6.76. The molecule has 0 saturated heterocycles. The normalized spacial score (nSPS) is 14.3. The minimum Gasteiger partial charge on any atom is -0.291 e. The molecule has 0 radical (unpaired) electrons. The Morgan fingerprint density at radius 1 is 1.04 bits per heavy atom. The maximum Gasteiger partial charge on any atom is 0.159 e. The SMILES string of the molecule is Cc1ccc(-c2ncc3c(n2)CN(Cc2ncccc2C)CC3)cc1. The highest BCUT2D eigenvalue weighted by Gasteiger charge is 2.19. The Kier molecular flexibility index (Phi) is 4.28. The van der Waals surface area contributed by atoms with Crippen LogP contribution in [0.15, 0.2) is 48.8 Å². The van der Waals surface area contributed by atoms with E-state index in [1.54, 1.807) is 0 Å². The highest BCUT2D eigenvalue weighted by molar-refractivity contribution is 5.55. The standard InChI is InChI=1S/C21H22N4/c1-15-5-7-17(8-6-15)21-23-12-18-9-11-25(14-20(18)24-21)13-19-16(2)4-3-10-22-19/h3-8,10,12H,9,11,13-14H2,1-2H3. The van der Waals surface area contributed by atoms with E-state index in [1.165, 1.54) is 16.7 Å². The second-order valence-corrected chi connectivity index (χ2v) is 6.76. The van der Waals surface area contributed by atoms with E-state index in [0.29, 0.717) is 0 Å². The molecule has 4 heteroatoms. The van der Waals surface area contributed by atoms with E-state index in [4.69, 9.17) is 4.98 Å². The third kappa shape index (κ3) is 3.44. The molecule has 3 aromatic rings. The zero-order valence-corrected chi connectivity index (χ0v) is 14.7. The Hall–Kier alpha value is -2.59. The van der Waals surface area contributed by atoms with Crippen LogP contribution >= 0.6 is 0 Å². The van der Waals surface area contributed by atoms with Crippen LogP contribution in [-0.4, -0.2) is 26.4 Å². The van der Waals surface area contributed by atoms with Gasteiger partial charge in [-0.2, -0.15) is 0 Å². The Labute approximate surface area is 148 Å². The van der Waals surface area contributed by atoms with Crippen LogP contribution in [0.1, 0.15) is 28.1 Å². The second kappa shape index (κ2) is 6.73. The molecule has 0 bridgehead atoms. The van der Waals surface area contributed by atoms with E-state index >= 15 is 0 Å². The van der Waals surface area contributed by atoms with Crippen molar-refractivity contribution in [3.63, 3.8) is 0 Å². The number of fused-ring (bicyclic) bond motifs is 1. The lowest BCUT2D eigenvalue weighted by Crippen LogP contribution is -2.31. The van der Waals surface area contributed by atoms with Crippen LogP contribution in [0.4, 0.5) is 0 Å². The van der Waals surface area contributed by atoms with Crippen LogP contribution < -0.4 is 0 Å². The first-order valence-electron chi connectivity index (χ1n) is 8.74. The summed E-state index contributed by atoms with van der Waals surface area (Å²) in [7, 11) is 0. The molecule has 4 nitrogen and oxygen atoms in total. The van der Waals surface area contributed by atoms with E-state index in [0.717, 1.165) is 48.8 Å². The summed E-state index contributed by atoms with van der Waals surface area (Å²) in [6.07, 6.45) is 4.87. The van der Waals surface area contributed by atoms with Crippen LogP contribution in [0, 0.1) is 13.8 Å². The molecule has 0 unspecified atom stereocenters. The fourth-order valence-corrected chi connectivity index (χ4v) is 3.23. The van der Waals surface area contributed by atoms with Crippen molar-refractivity contribution >= 4 is 0 Å². The molecule has 2 aromatic heterocycles. The van der Waals surface area contributed by atoms with Crippen LogP contribution in [0.5, 0.6) is 0 Å². The number of hydrogen-bond donors (Lipinski definition) is 0. The van der Waals surface area contributed by atoms with E-state index < -0.39 is 0 Å². The molecule has 0 amide bonds. The van der Waals surface area contributed by atoms with Crippen molar-refractivity contribution in [3.05, 3.63) is 76.9 Å². The van der Waals surface area contributed by atoms with E-state index in [1.807, 2.05) is 18.5 Å². The van der Waals surface area contributed by atoms with Gasteiger partial charge >= 0.3 is 0 Å². The number of benzene rings is 1. The predicted molar refractivity (Wildman–Crippen MR) is 99.0 cm³/mol. The molecule has 1 aliphatic heterocycles. The number of aromatic nitrogens is 3. The summed E-state index contributed by atoms with van der Waals surface area (Å²) in [6, 6.07) is 12.5. The van der Waals surface area contributed by atoms with Crippen molar-refractivity contribution in [2.45, 2.75) is 33.4 Å². The average Bonchev–Trinajstić information content (AvgIpc) is 2.64. The number of nitrogens with zero attached hydrogens (tertiary/aromatic N) is 4. The van der Waals surface area contributed by atoms with Gasteiger partial charge in [0.25, 0.3) is 0 Å². The van der Waals surface area contributed by atoms with Gasteiger partial charge in [0.05, 0.1) is 11.4 Å². The van der Waals surface area contributed by atoms with Gasteiger partial charge in [-0.15, -0.1) is 0 Å². The Morgan fingerprint density at radius 3 is 2.68 bits per heavy atom. The minimum atomic E-state index is 0.814. The van der Waals surface area contributed by atoms with Crippen molar-refractivity contribution < 1.29 is 0 Å². The zero-order valence-electron chi connectivity index (χ0n) is 14.7. The fraction of sp³-hybridized carbons (Fsp3) is 0.286. The van der Waals surface area contributed by atoms with Gasteiger partial charge in [0.1, 0.15) is 0 Å². The van der Waals surface area contributed by atoms with Crippen molar-refractivity contribution in [1.82, 2.24) is 19.9 Å². The van der Waals surface area contributed by atoms with Gasteiger partial charge in [-0.25, -0.2) is 9.97 Å². The molecular weight excluding hydrogens is 308 g/mol. The number of rotatable bonds is 3. The van der Waals surface area contributed by atoms with Crippen LogP contribution in [0.3, 0.4) is 0 Å². The summed E-state index contributed by atoms with van der Waals surface area (Å²) in [6.45, 7) is 6.96. The van der Waals surface area contributed by atoms with E-state index in [2.05, 4.69) is 59.0 Å². The summed E-state index contributed by atoms with van der Waals surface area (Å²) in [4.78, 5) is 16.4. The zero-order chi connectivity index (χ0) is 17.2. The van der Waals surface area contributed by atoms with Gasteiger partial charge in [-0.3, -0.25) is 9.88 Å². The largest absolute Gasteiger partial charge is 0.291 e. The van der Waals surface area contributed by atoms with Gasteiger partial charge in [-0.1, -0.05) is 35.9 Å². The molecule has 0 atom stereocenters. The third-order valence-electron chi connectivity index (χ3n) is 4.83. The highest BCUT2D eigenvalue weighted by atomic mass is 15.1. The lowest BCUT2D eigenvalue weighted by Gasteiger charge is -2.28. The quantitative estimate of drug-likeness (QED) is 0.734. The number of pyridine rings is 1. The van der Waals surface area contributed by atoms with Crippen molar-refractivity contribution in [3.8, 4) is 11.4 Å². The molecule has 0 aliphatic carbocycles. The molecule has 126 valence electrons. The first kappa shape index (κ1) is 15.9. The summed E-state index contributed by atoms with van der Waals surface area (Å²) >= 11 is 0. The lowest BCUT2D eigenvalue weighted by atomic mass is 10.1. The molecule has 0 N–H and O–H groups in total. The number of aryl methyl sites for hydroxylation is 2. The maximum absolute atomic E-state index is 4.85. The average molecular weight is 330 g/mol. The van der Waals surface area contributed by atoms with Crippen molar-refractivity contribution in [1.29, 1.82) is 0 Å². The van der Waals surface area contributed by atoms with Crippen molar-refractivity contribution in [2.75, 3.05) is 6.54 Å².